The first kappa shape index (κ1) is 20.1. The van der Waals surface area contributed by atoms with Crippen LogP contribution in [0.4, 0.5) is 0 Å². The molecule has 8 heteroatoms. The smallest absolute Gasteiger partial charge is 0.311 e. The van der Waals surface area contributed by atoms with E-state index in [4.69, 9.17) is 0 Å². The summed E-state index contributed by atoms with van der Waals surface area (Å²) < 4.78 is 6.30. The molecule has 0 aliphatic rings. The number of carbonyl (C=O) groups excluding carboxylic acids is 1. The van der Waals surface area contributed by atoms with E-state index in [1.54, 1.807) is 27.8 Å². The highest BCUT2D eigenvalue weighted by Gasteiger charge is 2.27. The molecule has 28 heavy (non-hydrogen) atoms. The Morgan fingerprint density at radius 3 is 2.29 bits per heavy atom. The Bertz CT molecular complexity index is 1210. The first-order chi connectivity index (χ1) is 12.9. The summed E-state index contributed by atoms with van der Waals surface area (Å²) in [5.41, 5.74) is 0.962. The van der Waals surface area contributed by atoms with Gasteiger partial charge in [0.05, 0.1) is 6.54 Å². The Kier molecular flexibility index (Phi) is 4.64. The third-order valence-electron chi connectivity index (χ3n) is 5.73. The molecule has 152 valence electrons. The molecule has 0 amide bonds. The zero-order valence-electron chi connectivity index (χ0n) is 18.0. The zero-order chi connectivity index (χ0) is 21.1. The quantitative estimate of drug-likeness (QED) is 0.688. The van der Waals surface area contributed by atoms with Crippen LogP contribution in [0.3, 0.4) is 0 Å². The van der Waals surface area contributed by atoms with Gasteiger partial charge in [0.15, 0.2) is 16.9 Å². The third-order valence-corrected chi connectivity index (χ3v) is 5.73. The second-order valence-electron chi connectivity index (χ2n) is 8.62. The molecule has 0 bridgehead atoms. The number of nitrogens with zero attached hydrogens (tertiary/aromatic N) is 5. The average Bonchev–Trinajstić information content (AvgIpc) is 3.11. The van der Waals surface area contributed by atoms with Crippen LogP contribution in [-0.2, 0) is 18.4 Å². The lowest BCUT2D eigenvalue weighted by atomic mass is 9.91. The van der Waals surface area contributed by atoms with Crippen LogP contribution in [-0.4, -0.2) is 28.9 Å². The second kappa shape index (κ2) is 6.46. The SMILES string of the molecule is CC[C@@H](C)n1c(C)c(C)n2c3c(=O)n(CC(=O)C(C)(C)C)c(=O)n(C)c3nc12. The first-order valence-corrected chi connectivity index (χ1v) is 9.64. The molecule has 0 aromatic carbocycles. The average molecular weight is 387 g/mol. The van der Waals surface area contributed by atoms with E-state index < -0.39 is 16.7 Å². The molecule has 0 radical (unpaired) electrons. The lowest BCUT2D eigenvalue weighted by molar-refractivity contribution is -0.127. The minimum absolute atomic E-state index is 0.170. The van der Waals surface area contributed by atoms with Crippen molar-refractivity contribution in [2.45, 2.75) is 67.5 Å². The van der Waals surface area contributed by atoms with E-state index in [1.165, 1.54) is 4.57 Å². The van der Waals surface area contributed by atoms with Gasteiger partial charge in [0.2, 0.25) is 5.78 Å². The maximum Gasteiger partial charge on any atom is 0.332 e. The third kappa shape index (κ3) is 2.73. The molecule has 0 saturated heterocycles. The molecule has 0 fully saturated rings. The molecular weight excluding hydrogens is 358 g/mol. The molecule has 0 saturated carbocycles. The van der Waals surface area contributed by atoms with E-state index in [2.05, 4.69) is 23.4 Å². The van der Waals surface area contributed by atoms with Crippen LogP contribution < -0.4 is 11.2 Å². The van der Waals surface area contributed by atoms with E-state index in [0.29, 0.717) is 16.9 Å². The molecule has 0 aliphatic heterocycles. The Labute approximate surface area is 163 Å². The van der Waals surface area contributed by atoms with Gasteiger partial charge in [-0.1, -0.05) is 27.7 Å². The number of aryl methyl sites for hydroxylation is 2. The predicted molar refractivity (Wildman–Crippen MR) is 109 cm³/mol. The van der Waals surface area contributed by atoms with Gasteiger partial charge in [-0.25, -0.2) is 4.79 Å². The highest BCUT2D eigenvalue weighted by atomic mass is 16.2. The first-order valence-electron chi connectivity index (χ1n) is 9.64. The van der Waals surface area contributed by atoms with Crippen LogP contribution in [0.5, 0.6) is 0 Å². The van der Waals surface area contributed by atoms with Gasteiger partial charge in [-0.15, -0.1) is 0 Å². The van der Waals surface area contributed by atoms with Crippen molar-refractivity contribution < 1.29 is 4.79 Å². The summed E-state index contributed by atoms with van der Waals surface area (Å²) in [6, 6.07) is 0.203. The van der Waals surface area contributed by atoms with Crippen molar-refractivity contribution >= 4 is 22.7 Å². The molecule has 3 rings (SSSR count). The molecule has 3 aromatic heterocycles. The zero-order valence-corrected chi connectivity index (χ0v) is 18.0. The molecule has 0 N–H and O–H groups in total. The molecule has 3 aromatic rings. The van der Waals surface area contributed by atoms with Gasteiger partial charge in [-0.05, 0) is 27.2 Å². The van der Waals surface area contributed by atoms with Crippen molar-refractivity contribution in [3.8, 4) is 0 Å². The highest BCUT2D eigenvalue weighted by Crippen LogP contribution is 2.25. The van der Waals surface area contributed by atoms with Crippen LogP contribution in [0.2, 0.25) is 0 Å². The number of imidazole rings is 2. The standard InChI is InChI=1S/C20H29N5O3/c1-9-11(2)24-12(3)13(4)25-15-16(21-18(24)25)22(8)19(28)23(17(15)27)10-14(26)20(5,6)7/h11H,9-10H2,1-8H3/t11-/m1/s1. The minimum Gasteiger partial charge on any atom is -0.311 e. The van der Waals surface area contributed by atoms with E-state index in [0.717, 1.165) is 22.4 Å². The van der Waals surface area contributed by atoms with Crippen LogP contribution in [0, 0.1) is 19.3 Å². The lowest BCUT2D eigenvalue weighted by Crippen LogP contribution is -2.43. The number of carbonyl (C=O) groups is 1. The predicted octanol–water partition coefficient (Wildman–Crippen LogP) is 2.35. The second-order valence-corrected chi connectivity index (χ2v) is 8.62. The summed E-state index contributed by atoms with van der Waals surface area (Å²) in [4.78, 5) is 43.2. The van der Waals surface area contributed by atoms with Crippen molar-refractivity contribution in [3.63, 3.8) is 0 Å². The summed E-state index contributed by atoms with van der Waals surface area (Å²) in [6.45, 7) is 13.2. The lowest BCUT2D eigenvalue weighted by Gasteiger charge is -2.17. The fraction of sp³-hybridized carbons (Fsp3) is 0.600. The fourth-order valence-corrected chi connectivity index (χ4v) is 3.51. The molecule has 1 atom stereocenters. The summed E-state index contributed by atoms with van der Waals surface area (Å²) in [5, 5.41) is 0. The number of hydrogen-bond donors (Lipinski definition) is 0. The van der Waals surface area contributed by atoms with Crippen LogP contribution in [0.25, 0.3) is 16.9 Å². The topological polar surface area (TPSA) is 83.3 Å². The molecular formula is C20H29N5O3. The van der Waals surface area contributed by atoms with Crippen molar-refractivity contribution in [1.82, 2.24) is 23.1 Å². The monoisotopic (exact) mass is 387 g/mol. The molecule has 3 heterocycles. The number of fused-ring (bicyclic) bond motifs is 3. The van der Waals surface area contributed by atoms with Gasteiger partial charge < -0.3 is 4.57 Å². The van der Waals surface area contributed by atoms with E-state index in [-0.39, 0.29) is 18.4 Å². The summed E-state index contributed by atoms with van der Waals surface area (Å²) in [6.07, 6.45) is 0.914. The number of rotatable bonds is 4. The van der Waals surface area contributed by atoms with Crippen molar-refractivity contribution in [3.05, 3.63) is 32.2 Å². The van der Waals surface area contributed by atoms with Gasteiger partial charge in [-0.3, -0.25) is 23.1 Å². The van der Waals surface area contributed by atoms with Gasteiger partial charge >= 0.3 is 5.69 Å². The Morgan fingerprint density at radius 2 is 1.75 bits per heavy atom. The summed E-state index contributed by atoms with van der Waals surface area (Å²) >= 11 is 0. The Balaban J connectivity index is 2.43. The van der Waals surface area contributed by atoms with E-state index in [9.17, 15) is 14.4 Å². The summed E-state index contributed by atoms with van der Waals surface area (Å²) in [5.74, 6) is 0.475. The molecule has 0 spiro atoms. The number of Topliss-reactive ketones (excluding diaryl/α,β-unsaturated/α-hetero) is 1. The van der Waals surface area contributed by atoms with Crippen molar-refractivity contribution in [2.75, 3.05) is 0 Å². The fourth-order valence-electron chi connectivity index (χ4n) is 3.51. The van der Waals surface area contributed by atoms with E-state index in [1.807, 2.05) is 18.2 Å². The molecule has 0 unspecified atom stereocenters. The summed E-state index contributed by atoms with van der Waals surface area (Å²) in [7, 11) is 1.59. The number of hydrogen-bond acceptors (Lipinski definition) is 4. The van der Waals surface area contributed by atoms with Crippen LogP contribution >= 0.6 is 0 Å². The minimum atomic E-state index is -0.640. The van der Waals surface area contributed by atoms with Crippen molar-refractivity contribution in [2.24, 2.45) is 12.5 Å². The number of aromatic nitrogens is 5. The van der Waals surface area contributed by atoms with Crippen LogP contribution in [0.15, 0.2) is 9.59 Å². The highest BCUT2D eigenvalue weighted by molar-refractivity contribution is 5.84. The van der Waals surface area contributed by atoms with Gasteiger partial charge in [0.1, 0.15) is 0 Å². The van der Waals surface area contributed by atoms with E-state index >= 15 is 0 Å². The molecule has 8 nitrogen and oxygen atoms in total. The van der Waals surface area contributed by atoms with Gasteiger partial charge in [0, 0.05) is 29.9 Å². The largest absolute Gasteiger partial charge is 0.332 e. The van der Waals surface area contributed by atoms with Crippen LogP contribution in [0.1, 0.15) is 58.5 Å². The Morgan fingerprint density at radius 1 is 1.14 bits per heavy atom. The number of ketones is 1. The normalized spacial score (nSPS) is 13.6. The maximum absolute atomic E-state index is 13.3. The van der Waals surface area contributed by atoms with Gasteiger partial charge in [0.25, 0.3) is 5.56 Å². The van der Waals surface area contributed by atoms with Crippen molar-refractivity contribution in [1.29, 1.82) is 0 Å². The maximum atomic E-state index is 13.3. The van der Waals surface area contributed by atoms with Gasteiger partial charge in [-0.2, -0.15) is 4.98 Å². The Hall–Kier alpha value is -2.64. The molecule has 0 aliphatic carbocycles.